The molecule has 2 amide bonds. The van der Waals surface area contributed by atoms with Gasteiger partial charge in [-0.15, -0.1) is 12.6 Å². The molecule has 0 aliphatic carbocycles. The molecule has 1 aliphatic rings. The monoisotopic (exact) mass is 179 g/mol. The van der Waals surface area contributed by atoms with Crippen molar-refractivity contribution in [1.29, 1.82) is 0 Å². The van der Waals surface area contributed by atoms with Crippen molar-refractivity contribution in [1.82, 2.24) is 5.32 Å². The topological polar surface area (TPSA) is 97.4 Å². The summed E-state index contributed by atoms with van der Waals surface area (Å²) >= 11 is 0. The van der Waals surface area contributed by atoms with E-state index < -0.39 is 10.6 Å². The van der Waals surface area contributed by atoms with Gasteiger partial charge in [0.2, 0.25) is 11.8 Å². The number of carbonyl (C=O) groups is 2. The second kappa shape index (κ2) is 4.56. The van der Waals surface area contributed by atoms with E-state index in [0.29, 0.717) is 12.8 Å². The molecule has 0 radical (unpaired) electrons. The first-order valence-electron chi connectivity index (χ1n) is 2.62. The molecule has 7 heteroatoms. The summed E-state index contributed by atoms with van der Waals surface area (Å²) in [5.41, 5.74) is 0. The van der Waals surface area contributed by atoms with Crippen molar-refractivity contribution in [3.63, 3.8) is 0 Å². The Kier molecular flexibility index (Phi) is 4.04. The maximum atomic E-state index is 10.1. The first kappa shape index (κ1) is 9.76. The van der Waals surface area contributed by atoms with Crippen LogP contribution in [0.5, 0.6) is 0 Å². The largest absolute Gasteiger partial charge is 0.425 e. The Balaban J connectivity index is 0.000000218. The highest BCUT2D eigenvalue weighted by Gasteiger charge is 2.15. The number of hydrogen-bond acceptors (Lipinski definition) is 5. The Hall–Kier alpha value is -1.24. The molecule has 0 aromatic rings. The van der Waals surface area contributed by atoms with Crippen molar-refractivity contribution in [3.05, 3.63) is 0 Å². The molecule has 1 heterocycles. The molecule has 1 N–H and O–H groups in total. The van der Waals surface area contributed by atoms with Crippen LogP contribution >= 0.6 is 0 Å². The lowest BCUT2D eigenvalue weighted by atomic mass is 10.4. The zero-order valence-electron chi connectivity index (χ0n) is 5.36. The van der Waals surface area contributed by atoms with E-state index in [2.05, 4.69) is 5.32 Å². The summed E-state index contributed by atoms with van der Waals surface area (Å²) < 4.78 is 25.3. The second-order valence-electron chi connectivity index (χ2n) is 1.68. The summed E-state index contributed by atoms with van der Waals surface area (Å²) in [6.07, 6.45) is 0.748. The predicted molar refractivity (Wildman–Crippen MR) is 32.1 cm³/mol. The Labute approximate surface area is 63.6 Å². The van der Waals surface area contributed by atoms with Crippen LogP contribution in [0, 0.1) is 0 Å². The van der Waals surface area contributed by atoms with Gasteiger partial charge in [0.25, 0.3) is 0 Å². The predicted octanol–water partition coefficient (Wildman–Crippen LogP) is -1.58. The number of nitrogens with one attached hydrogen (secondary N) is 1. The molecule has 0 spiro atoms. The van der Waals surface area contributed by atoms with Crippen LogP contribution in [-0.2, 0) is 20.2 Å². The summed E-state index contributed by atoms with van der Waals surface area (Å²) in [5, 5.41) is 2.14. The highest BCUT2D eigenvalue weighted by molar-refractivity contribution is 7.59. The number of carbonyl (C=O) groups excluding carboxylic acids is 2. The molecular weight excluding hydrogens is 174 g/mol. The highest BCUT2D eigenvalue weighted by atomic mass is 32.2. The van der Waals surface area contributed by atoms with Gasteiger partial charge in [-0.2, -0.15) is 0 Å². The smallest absolute Gasteiger partial charge is 0.296 e. The van der Waals surface area contributed by atoms with E-state index in [1.165, 1.54) is 0 Å². The Morgan fingerprint density at radius 2 is 1.27 bits per heavy atom. The van der Waals surface area contributed by atoms with Crippen molar-refractivity contribution >= 4 is 22.4 Å². The van der Waals surface area contributed by atoms with Gasteiger partial charge in [0.1, 0.15) is 0 Å². The lowest BCUT2D eigenvalue weighted by molar-refractivity contribution is -0.124. The van der Waals surface area contributed by atoms with Crippen LogP contribution in [0.1, 0.15) is 12.8 Å². The molecule has 6 nitrogen and oxygen atoms in total. The van der Waals surface area contributed by atoms with Crippen LogP contribution in [0.3, 0.4) is 0 Å². The second-order valence-corrected chi connectivity index (χ2v) is 2.08. The van der Waals surface area contributed by atoms with Crippen molar-refractivity contribution < 1.29 is 22.2 Å². The minimum Gasteiger partial charge on any atom is -0.296 e. The Morgan fingerprint density at radius 1 is 1.00 bits per heavy atom. The van der Waals surface area contributed by atoms with E-state index in [0.717, 1.165) is 0 Å². The molecule has 0 atom stereocenters. The fraction of sp³-hybridized carbons (Fsp3) is 0.500. The van der Waals surface area contributed by atoms with E-state index in [-0.39, 0.29) is 11.8 Å². The summed E-state index contributed by atoms with van der Waals surface area (Å²) in [5.74, 6) is -0.296. The van der Waals surface area contributed by atoms with E-state index >= 15 is 0 Å². The molecule has 0 bridgehead atoms. The highest BCUT2D eigenvalue weighted by Crippen LogP contribution is 1.95. The minimum absolute atomic E-state index is 0.148. The first-order chi connectivity index (χ1) is 5.02. The van der Waals surface area contributed by atoms with E-state index in [1.54, 1.807) is 0 Å². The van der Waals surface area contributed by atoms with Crippen molar-refractivity contribution in [2.75, 3.05) is 0 Å². The van der Waals surface area contributed by atoms with Crippen LogP contribution in [0.4, 0.5) is 0 Å². The summed E-state index contributed by atoms with van der Waals surface area (Å²) in [7, 11) is -3.11. The third-order valence-corrected chi connectivity index (χ3v) is 0.858. The minimum atomic E-state index is -3.11. The van der Waals surface area contributed by atoms with Crippen LogP contribution in [0.2, 0.25) is 0 Å². The van der Waals surface area contributed by atoms with Crippen molar-refractivity contribution in [2.45, 2.75) is 12.8 Å². The number of rotatable bonds is 0. The van der Waals surface area contributed by atoms with E-state index in [4.69, 9.17) is 12.6 Å². The molecular formula is C4H5NO5S. The first-order valence-corrected chi connectivity index (χ1v) is 3.62. The molecule has 0 saturated carbocycles. The molecule has 1 fully saturated rings. The molecule has 1 saturated heterocycles. The molecule has 11 heavy (non-hydrogen) atoms. The Morgan fingerprint density at radius 3 is 1.36 bits per heavy atom. The zero-order chi connectivity index (χ0) is 8.85. The fourth-order valence-corrected chi connectivity index (χ4v) is 0.508. The third kappa shape index (κ3) is 6.65. The summed E-state index contributed by atoms with van der Waals surface area (Å²) in [6, 6.07) is 0. The molecule has 0 aromatic heterocycles. The van der Waals surface area contributed by atoms with Gasteiger partial charge in [0.15, 0.2) is 0 Å². The van der Waals surface area contributed by atoms with Crippen LogP contribution < -0.4 is 5.32 Å². The maximum absolute atomic E-state index is 10.1. The normalized spacial score (nSPS) is 14.9. The van der Waals surface area contributed by atoms with Crippen molar-refractivity contribution in [3.8, 4) is 0 Å². The van der Waals surface area contributed by atoms with Gasteiger partial charge in [0, 0.05) is 12.8 Å². The van der Waals surface area contributed by atoms with Gasteiger partial charge < -0.3 is 0 Å². The number of imide groups is 1. The average Bonchev–Trinajstić information content (AvgIpc) is 2.13. The van der Waals surface area contributed by atoms with Crippen LogP contribution in [0.25, 0.3) is 0 Å². The Bertz CT molecular complexity index is 243. The molecule has 62 valence electrons. The molecule has 0 aromatic carbocycles. The standard InChI is InChI=1S/C4H5NO2.O3S/c6-3-1-2-4(7)5-3;1-4(2)3/h1-2H2,(H,5,6,7);. The van der Waals surface area contributed by atoms with Gasteiger partial charge in [-0.3, -0.25) is 14.9 Å². The lowest BCUT2D eigenvalue weighted by Crippen LogP contribution is -2.18. The summed E-state index contributed by atoms with van der Waals surface area (Å²) in [6.45, 7) is 0. The summed E-state index contributed by atoms with van der Waals surface area (Å²) in [4.78, 5) is 20.2. The van der Waals surface area contributed by atoms with Gasteiger partial charge in [-0.05, 0) is 0 Å². The number of amides is 2. The van der Waals surface area contributed by atoms with Gasteiger partial charge >= 0.3 is 10.6 Å². The third-order valence-electron chi connectivity index (χ3n) is 0.858. The van der Waals surface area contributed by atoms with Gasteiger partial charge in [0.05, 0.1) is 0 Å². The molecule has 1 rings (SSSR count). The van der Waals surface area contributed by atoms with Crippen molar-refractivity contribution in [2.24, 2.45) is 0 Å². The SMILES string of the molecule is O=C1CCC(=O)N1.O=S(=O)=O. The van der Waals surface area contributed by atoms with Gasteiger partial charge in [-0.25, -0.2) is 0 Å². The maximum Gasteiger partial charge on any atom is 0.425 e. The van der Waals surface area contributed by atoms with E-state index in [1.807, 2.05) is 0 Å². The average molecular weight is 179 g/mol. The fourth-order valence-electron chi connectivity index (χ4n) is 0.508. The van der Waals surface area contributed by atoms with E-state index in [9.17, 15) is 9.59 Å². The van der Waals surface area contributed by atoms with Crippen LogP contribution in [-0.4, -0.2) is 24.4 Å². The van der Waals surface area contributed by atoms with Crippen LogP contribution in [0.15, 0.2) is 0 Å². The molecule has 0 unspecified atom stereocenters. The molecule has 1 aliphatic heterocycles. The quantitative estimate of drug-likeness (QED) is 0.452. The number of hydrogen-bond donors (Lipinski definition) is 1. The zero-order valence-corrected chi connectivity index (χ0v) is 6.18. The lowest BCUT2D eigenvalue weighted by Gasteiger charge is -1.79. The van der Waals surface area contributed by atoms with Gasteiger partial charge in [-0.1, -0.05) is 0 Å².